The second kappa shape index (κ2) is 11.6. The van der Waals surface area contributed by atoms with E-state index in [1.165, 1.54) is 32.8 Å². The maximum atomic E-state index is 13.3. The number of aliphatic carboxylic acids is 1. The van der Waals surface area contributed by atoms with Crippen molar-refractivity contribution < 1.29 is 19.4 Å². The van der Waals surface area contributed by atoms with E-state index in [1.807, 2.05) is 30.1 Å². The highest BCUT2D eigenvalue weighted by Crippen LogP contribution is 2.45. The first-order chi connectivity index (χ1) is 16.9. The summed E-state index contributed by atoms with van der Waals surface area (Å²) in [7, 11) is 3.25. The topological polar surface area (TPSA) is 73.3 Å². The van der Waals surface area contributed by atoms with Gasteiger partial charge in [0.25, 0.3) is 0 Å². The fourth-order valence-corrected chi connectivity index (χ4v) is 6.00. The number of benzene rings is 1. The molecule has 1 aromatic rings. The lowest BCUT2D eigenvalue weighted by atomic mass is 9.78. The van der Waals surface area contributed by atoms with Crippen LogP contribution in [0.2, 0.25) is 5.02 Å². The number of ether oxygens (including phenoxy) is 1. The molecule has 3 aliphatic rings. The van der Waals surface area contributed by atoms with Crippen molar-refractivity contribution in [3.05, 3.63) is 57.4 Å². The molecule has 0 radical (unpaired) electrons. The molecule has 4 rings (SSSR count). The third kappa shape index (κ3) is 5.57. The van der Waals surface area contributed by atoms with Crippen molar-refractivity contribution in [2.75, 3.05) is 53.4 Å². The molecule has 8 heteroatoms. The van der Waals surface area contributed by atoms with E-state index in [0.29, 0.717) is 29.0 Å². The lowest BCUT2D eigenvalue weighted by Crippen LogP contribution is -2.37. The van der Waals surface area contributed by atoms with Gasteiger partial charge in [-0.15, -0.1) is 0 Å². The number of carbonyl (C=O) groups excluding carboxylic acids is 1. The summed E-state index contributed by atoms with van der Waals surface area (Å²) in [6.45, 7) is 5.79. The molecule has 35 heavy (non-hydrogen) atoms. The number of hydrogen-bond donors (Lipinski definition) is 1. The van der Waals surface area contributed by atoms with E-state index in [0.717, 1.165) is 50.7 Å². The van der Waals surface area contributed by atoms with E-state index in [4.69, 9.17) is 16.3 Å². The second-order valence-electron chi connectivity index (χ2n) is 9.63. The van der Waals surface area contributed by atoms with Crippen LogP contribution >= 0.6 is 11.6 Å². The number of hydrogen-bond acceptors (Lipinski definition) is 6. The molecule has 0 bridgehead atoms. The number of halogens is 1. The lowest BCUT2D eigenvalue weighted by molar-refractivity contribution is -0.136. The number of rotatable bonds is 9. The number of esters is 1. The van der Waals surface area contributed by atoms with Crippen LogP contribution in [0.1, 0.15) is 50.0 Å². The molecule has 2 saturated heterocycles. The minimum Gasteiger partial charge on any atom is -0.478 e. The summed E-state index contributed by atoms with van der Waals surface area (Å²) in [4.78, 5) is 32.8. The van der Waals surface area contributed by atoms with Gasteiger partial charge in [-0.2, -0.15) is 0 Å². The number of carboxylic acid groups (broad SMARTS) is 1. The Morgan fingerprint density at radius 2 is 1.46 bits per heavy atom. The fraction of sp³-hybridized carbons (Fsp3) is 0.556. The molecule has 1 N–H and O–H groups in total. The van der Waals surface area contributed by atoms with Gasteiger partial charge in [-0.05, 0) is 63.5 Å². The molecule has 0 aromatic heterocycles. The molecular formula is C27H36ClN3O4. The van der Waals surface area contributed by atoms with Gasteiger partial charge < -0.3 is 24.5 Å². The maximum absolute atomic E-state index is 13.3. The summed E-state index contributed by atoms with van der Waals surface area (Å²) in [5.74, 6) is -2.32. The third-order valence-electron chi connectivity index (χ3n) is 7.59. The Hall–Kier alpha value is -2.35. The van der Waals surface area contributed by atoms with E-state index in [1.54, 1.807) is 6.07 Å². The lowest BCUT2D eigenvalue weighted by Gasteiger charge is -2.39. The van der Waals surface area contributed by atoms with E-state index in [9.17, 15) is 14.7 Å². The molecule has 0 aliphatic carbocycles. The zero-order valence-corrected chi connectivity index (χ0v) is 21.5. The minimum atomic E-state index is -1.03. The molecule has 0 saturated carbocycles. The van der Waals surface area contributed by atoms with Crippen LogP contribution in [-0.2, 0) is 14.3 Å². The summed E-state index contributed by atoms with van der Waals surface area (Å²) in [6, 6.07) is 7.22. The zero-order valence-electron chi connectivity index (χ0n) is 20.8. The van der Waals surface area contributed by atoms with Crippen molar-refractivity contribution in [3.63, 3.8) is 0 Å². The predicted octanol–water partition coefficient (Wildman–Crippen LogP) is 4.11. The van der Waals surface area contributed by atoms with Crippen molar-refractivity contribution in [2.45, 2.75) is 44.4 Å². The normalized spacial score (nSPS) is 21.8. The summed E-state index contributed by atoms with van der Waals surface area (Å²) in [6.07, 6.45) is 5.96. The van der Waals surface area contributed by atoms with Gasteiger partial charge in [0.1, 0.15) is 0 Å². The molecule has 1 atom stereocenters. The maximum Gasteiger partial charge on any atom is 0.336 e. The standard InChI is InChI=1S/C27H36ClN3O4/c1-29-21(11-17-30-13-5-6-14-30)24(26(32)33)23(19-9-3-4-10-20(19)28)25(27(34)35-2)22(29)12-18-31-15-7-8-16-31/h3-4,9-10,23H,5-8,11-18H2,1-2H3,(H,32,33). The quantitative estimate of drug-likeness (QED) is 0.510. The highest BCUT2D eigenvalue weighted by Gasteiger charge is 2.42. The van der Waals surface area contributed by atoms with Crippen molar-refractivity contribution >= 4 is 23.5 Å². The molecule has 1 unspecified atom stereocenters. The van der Waals surface area contributed by atoms with Crippen LogP contribution in [-0.4, -0.2) is 85.2 Å². The van der Waals surface area contributed by atoms with Crippen LogP contribution < -0.4 is 0 Å². The van der Waals surface area contributed by atoms with Crippen molar-refractivity contribution in [1.29, 1.82) is 0 Å². The first kappa shape index (κ1) is 25.7. The van der Waals surface area contributed by atoms with E-state index >= 15 is 0 Å². The van der Waals surface area contributed by atoms with Gasteiger partial charge in [0.2, 0.25) is 0 Å². The Kier molecular flexibility index (Phi) is 8.52. The van der Waals surface area contributed by atoms with Crippen LogP contribution in [0.25, 0.3) is 0 Å². The zero-order chi connectivity index (χ0) is 24.9. The van der Waals surface area contributed by atoms with Gasteiger partial charge in [0.05, 0.1) is 24.2 Å². The number of likely N-dealkylation sites (tertiary alicyclic amines) is 2. The third-order valence-corrected chi connectivity index (χ3v) is 7.93. The van der Waals surface area contributed by atoms with E-state index in [-0.39, 0.29) is 5.57 Å². The number of methoxy groups -OCH3 is 1. The molecule has 3 aliphatic heterocycles. The Bertz CT molecular complexity index is 1010. The fourth-order valence-electron chi connectivity index (χ4n) is 5.76. The average Bonchev–Trinajstić information content (AvgIpc) is 3.56. The summed E-state index contributed by atoms with van der Waals surface area (Å²) in [5, 5.41) is 10.9. The monoisotopic (exact) mass is 501 g/mol. The van der Waals surface area contributed by atoms with Crippen molar-refractivity contribution in [2.24, 2.45) is 0 Å². The van der Waals surface area contributed by atoms with E-state index < -0.39 is 17.9 Å². The molecule has 0 amide bonds. The Morgan fingerprint density at radius 3 is 1.94 bits per heavy atom. The van der Waals surface area contributed by atoms with Crippen LogP contribution in [0.5, 0.6) is 0 Å². The van der Waals surface area contributed by atoms with Gasteiger partial charge in [0, 0.05) is 49.4 Å². The highest BCUT2D eigenvalue weighted by atomic mass is 35.5. The average molecular weight is 502 g/mol. The van der Waals surface area contributed by atoms with Crippen LogP contribution in [0.4, 0.5) is 0 Å². The molecular weight excluding hydrogens is 466 g/mol. The number of carbonyl (C=O) groups is 2. The first-order valence-electron chi connectivity index (χ1n) is 12.6. The van der Waals surface area contributed by atoms with Crippen LogP contribution in [0.15, 0.2) is 46.8 Å². The largest absolute Gasteiger partial charge is 0.478 e. The number of carboxylic acids is 1. The van der Waals surface area contributed by atoms with Gasteiger partial charge in [-0.3, -0.25) is 0 Å². The Balaban J connectivity index is 1.82. The summed E-state index contributed by atoms with van der Waals surface area (Å²) >= 11 is 6.61. The Labute approximate surface area is 213 Å². The highest BCUT2D eigenvalue weighted by molar-refractivity contribution is 6.31. The predicted molar refractivity (Wildman–Crippen MR) is 136 cm³/mol. The van der Waals surface area contributed by atoms with Crippen LogP contribution in [0, 0.1) is 0 Å². The van der Waals surface area contributed by atoms with Gasteiger partial charge in [-0.1, -0.05) is 29.8 Å². The van der Waals surface area contributed by atoms with Crippen molar-refractivity contribution in [1.82, 2.24) is 14.7 Å². The first-order valence-corrected chi connectivity index (χ1v) is 13.0. The molecule has 0 spiro atoms. The molecule has 2 fully saturated rings. The second-order valence-corrected chi connectivity index (χ2v) is 10.0. The molecule has 3 heterocycles. The van der Waals surface area contributed by atoms with Gasteiger partial charge in [-0.25, -0.2) is 9.59 Å². The minimum absolute atomic E-state index is 0.213. The van der Waals surface area contributed by atoms with Crippen LogP contribution in [0.3, 0.4) is 0 Å². The van der Waals surface area contributed by atoms with Crippen molar-refractivity contribution in [3.8, 4) is 0 Å². The summed E-state index contributed by atoms with van der Waals surface area (Å²) < 4.78 is 5.23. The van der Waals surface area contributed by atoms with Gasteiger partial charge in [0.15, 0.2) is 0 Å². The molecule has 7 nitrogen and oxygen atoms in total. The number of nitrogens with zero attached hydrogens (tertiary/aromatic N) is 3. The SMILES string of the molecule is COC(=O)C1=C(CCN2CCCC2)N(C)C(CCN2CCCC2)=C(C(=O)O)C1c1ccccc1Cl. The van der Waals surface area contributed by atoms with E-state index in [2.05, 4.69) is 9.80 Å². The van der Waals surface area contributed by atoms with Gasteiger partial charge >= 0.3 is 11.9 Å². The molecule has 190 valence electrons. The smallest absolute Gasteiger partial charge is 0.336 e. The molecule has 1 aromatic carbocycles. The Morgan fingerprint density at radius 1 is 0.943 bits per heavy atom. The summed E-state index contributed by atoms with van der Waals surface area (Å²) in [5.41, 5.74) is 2.79.